The van der Waals surface area contributed by atoms with Crippen LogP contribution in [0.4, 0.5) is 8.78 Å². The molecule has 0 atom stereocenters. The van der Waals surface area contributed by atoms with Crippen LogP contribution in [-0.2, 0) is 6.54 Å². The highest BCUT2D eigenvalue weighted by Gasteiger charge is 2.17. The average molecular weight is 240 g/mol. The van der Waals surface area contributed by atoms with Gasteiger partial charge >= 0.3 is 0 Å². The van der Waals surface area contributed by atoms with Crippen LogP contribution in [0.3, 0.4) is 0 Å². The lowest BCUT2D eigenvalue weighted by Gasteiger charge is -2.27. The molecule has 0 saturated carbocycles. The first-order valence-corrected chi connectivity index (χ1v) is 5.55. The van der Waals surface area contributed by atoms with E-state index in [0.29, 0.717) is 38.0 Å². The fourth-order valence-electron chi connectivity index (χ4n) is 1.97. The van der Waals surface area contributed by atoms with Crippen LogP contribution in [0.25, 0.3) is 0 Å². The van der Waals surface area contributed by atoms with Crippen molar-refractivity contribution >= 4 is 5.71 Å². The number of likely N-dealkylation sites (tertiary alicyclic amines) is 1. The van der Waals surface area contributed by atoms with Crippen LogP contribution in [0.15, 0.2) is 23.4 Å². The third kappa shape index (κ3) is 3.00. The summed E-state index contributed by atoms with van der Waals surface area (Å²) in [6.45, 7) is 1.80. The summed E-state index contributed by atoms with van der Waals surface area (Å²) in [6, 6.07) is 3.49. The van der Waals surface area contributed by atoms with Crippen molar-refractivity contribution < 1.29 is 14.0 Å². The zero-order chi connectivity index (χ0) is 12.3. The molecule has 1 fully saturated rings. The van der Waals surface area contributed by atoms with Gasteiger partial charge in [0.15, 0.2) is 0 Å². The molecule has 1 aromatic carbocycles. The van der Waals surface area contributed by atoms with Crippen LogP contribution < -0.4 is 0 Å². The number of rotatable bonds is 2. The van der Waals surface area contributed by atoms with E-state index in [1.54, 1.807) is 0 Å². The zero-order valence-corrected chi connectivity index (χ0v) is 9.37. The van der Waals surface area contributed by atoms with E-state index in [-0.39, 0.29) is 5.82 Å². The number of hydrogen-bond donors (Lipinski definition) is 1. The molecule has 1 heterocycles. The van der Waals surface area contributed by atoms with Gasteiger partial charge in [-0.15, -0.1) is 0 Å². The fraction of sp³-hybridized carbons (Fsp3) is 0.417. The van der Waals surface area contributed by atoms with Crippen molar-refractivity contribution in [3.8, 4) is 0 Å². The summed E-state index contributed by atoms with van der Waals surface area (Å²) in [6.07, 6.45) is 1.35. The van der Waals surface area contributed by atoms with Crippen LogP contribution in [0.1, 0.15) is 18.4 Å². The number of nitrogens with zero attached hydrogens (tertiary/aromatic N) is 2. The molecule has 0 aliphatic carbocycles. The molecule has 0 radical (unpaired) electrons. The molecule has 92 valence electrons. The summed E-state index contributed by atoms with van der Waals surface area (Å²) in [5, 5.41) is 11.8. The molecule has 2 rings (SSSR count). The maximum Gasteiger partial charge on any atom is 0.127 e. The lowest BCUT2D eigenvalue weighted by atomic mass is 10.1. The van der Waals surface area contributed by atoms with E-state index < -0.39 is 5.82 Å². The molecule has 0 aromatic heterocycles. The number of hydrogen-bond acceptors (Lipinski definition) is 3. The first kappa shape index (κ1) is 12.0. The molecule has 1 N–H and O–H groups in total. The Labute approximate surface area is 98.3 Å². The van der Waals surface area contributed by atoms with Gasteiger partial charge in [-0.1, -0.05) is 5.16 Å². The first-order chi connectivity index (χ1) is 8.19. The summed E-state index contributed by atoms with van der Waals surface area (Å²) in [7, 11) is 0. The molecule has 1 aliphatic heterocycles. The number of halogens is 2. The van der Waals surface area contributed by atoms with E-state index in [2.05, 4.69) is 5.16 Å². The Hall–Kier alpha value is -1.49. The number of piperidine rings is 1. The van der Waals surface area contributed by atoms with Gasteiger partial charge in [-0.3, -0.25) is 4.90 Å². The second-order valence-electron chi connectivity index (χ2n) is 4.18. The maximum absolute atomic E-state index is 13.4. The Balaban J connectivity index is 2.00. The van der Waals surface area contributed by atoms with Crippen molar-refractivity contribution in [2.75, 3.05) is 13.1 Å². The number of oxime groups is 1. The van der Waals surface area contributed by atoms with Gasteiger partial charge in [-0.25, -0.2) is 8.78 Å². The third-order valence-corrected chi connectivity index (χ3v) is 2.98. The van der Waals surface area contributed by atoms with Crippen LogP contribution in [0.5, 0.6) is 0 Å². The smallest absolute Gasteiger partial charge is 0.127 e. The molecular formula is C12H14F2N2O. The van der Waals surface area contributed by atoms with E-state index in [1.165, 1.54) is 6.07 Å². The van der Waals surface area contributed by atoms with Crippen molar-refractivity contribution in [2.24, 2.45) is 5.16 Å². The Morgan fingerprint density at radius 2 is 1.94 bits per heavy atom. The van der Waals surface area contributed by atoms with E-state index in [1.807, 2.05) is 4.90 Å². The molecule has 0 unspecified atom stereocenters. The molecule has 1 aliphatic rings. The Morgan fingerprint density at radius 1 is 1.24 bits per heavy atom. The Kier molecular flexibility index (Phi) is 3.68. The first-order valence-electron chi connectivity index (χ1n) is 5.55. The van der Waals surface area contributed by atoms with Crippen LogP contribution in [-0.4, -0.2) is 28.9 Å². The highest BCUT2D eigenvalue weighted by Crippen LogP contribution is 2.15. The topological polar surface area (TPSA) is 35.8 Å². The Bertz CT molecular complexity index is 425. The highest BCUT2D eigenvalue weighted by atomic mass is 19.1. The second-order valence-corrected chi connectivity index (χ2v) is 4.18. The zero-order valence-electron chi connectivity index (χ0n) is 9.37. The lowest BCUT2D eigenvalue weighted by molar-refractivity contribution is 0.253. The highest BCUT2D eigenvalue weighted by molar-refractivity contribution is 5.84. The summed E-state index contributed by atoms with van der Waals surface area (Å²) in [4.78, 5) is 2.02. The molecule has 0 bridgehead atoms. The van der Waals surface area contributed by atoms with Gasteiger partial charge in [-0.05, 0) is 18.2 Å². The second kappa shape index (κ2) is 5.23. The predicted molar refractivity (Wildman–Crippen MR) is 60.1 cm³/mol. The quantitative estimate of drug-likeness (QED) is 0.636. The standard InChI is InChI=1S/C12H14F2N2O/c13-10-1-2-12(14)9(7-10)8-16-5-3-11(15-17)4-6-16/h1-2,7,17H,3-6,8H2. The summed E-state index contributed by atoms with van der Waals surface area (Å²) in [5.41, 5.74) is 1.13. The van der Waals surface area contributed by atoms with Gasteiger partial charge in [0.05, 0.1) is 5.71 Å². The third-order valence-electron chi connectivity index (χ3n) is 2.98. The Morgan fingerprint density at radius 3 is 2.59 bits per heavy atom. The van der Waals surface area contributed by atoms with Crippen molar-refractivity contribution in [1.82, 2.24) is 4.90 Å². The summed E-state index contributed by atoms with van der Waals surface area (Å²) >= 11 is 0. The van der Waals surface area contributed by atoms with Crippen molar-refractivity contribution in [3.05, 3.63) is 35.4 Å². The van der Waals surface area contributed by atoms with Gasteiger partial charge in [0.1, 0.15) is 11.6 Å². The summed E-state index contributed by atoms with van der Waals surface area (Å²) in [5.74, 6) is -0.802. The van der Waals surface area contributed by atoms with Gasteiger partial charge in [0, 0.05) is 38.0 Å². The summed E-state index contributed by atoms with van der Waals surface area (Å²) < 4.78 is 26.4. The minimum atomic E-state index is -0.420. The molecule has 5 heteroatoms. The average Bonchev–Trinajstić information content (AvgIpc) is 2.35. The van der Waals surface area contributed by atoms with Crippen LogP contribution >= 0.6 is 0 Å². The molecular weight excluding hydrogens is 226 g/mol. The fourth-order valence-corrected chi connectivity index (χ4v) is 1.97. The van der Waals surface area contributed by atoms with Gasteiger partial charge in [0.2, 0.25) is 0 Å². The van der Waals surface area contributed by atoms with Crippen molar-refractivity contribution in [3.63, 3.8) is 0 Å². The minimum absolute atomic E-state index is 0.370. The van der Waals surface area contributed by atoms with E-state index >= 15 is 0 Å². The minimum Gasteiger partial charge on any atom is -0.411 e. The molecule has 0 spiro atoms. The van der Waals surface area contributed by atoms with Gasteiger partial charge < -0.3 is 5.21 Å². The van der Waals surface area contributed by atoms with Gasteiger partial charge in [0.25, 0.3) is 0 Å². The lowest BCUT2D eigenvalue weighted by Crippen LogP contribution is -2.33. The monoisotopic (exact) mass is 240 g/mol. The van der Waals surface area contributed by atoms with Crippen LogP contribution in [0.2, 0.25) is 0 Å². The number of benzene rings is 1. The largest absolute Gasteiger partial charge is 0.411 e. The molecule has 3 nitrogen and oxygen atoms in total. The normalized spacial score (nSPS) is 17.2. The van der Waals surface area contributed by atoms with Crippen LogP contribution in [0, 0.1) is 11.6 Å². The van der Waals surface area contributed by atoms with Crippen molar-refractivity contribution in [1.29, 1.82) is 0 Å². The molecule has 17 heavy (non-hydrogen) atoms. The predicted octanol–water partition coefficient (Wildman–Crippen LogP) is 2.39. The maximum atomic E-state index is 13.4. The van der Waals surface area contributed by atoms with Crippen molar-refractivity contribution in [2.45, 2.75) is 19.4 Å². The van der Waals surface area contributed by atoms with Gasteiger partial charge in [-0.2, -0.15) is 0 Å². The van der Waals surface area contributed by atoms with E-state index in [0.717, 1.165) is 17.8 Å². The molecule has 1 saturated heterocycles. The molecule has 1 aromatic rings. The molecule has 0 amide bonds. The SMILES string of the molecule is ON=C1CCN(Cc2cc(F)ccc2F)CC1. The van der Waals surface area contributed by atoms with E-state index in [9.17, 15) is 8.78 Å². The van der Waals surface area contributed by atoms with E-state index in [4.69, 9.17) is 5.21 Å².